The minimum atomic E-state index is -0.300. The first-order chi connectivity index (χ1) is 12.6. The summed E-state index contributed by atoms with van der Waals surface area (Å²) in [7, 11) is 3.13. The minimum absolute atomic E-state index is 0.210. The Hall–Kier alpha value is -3.00. The van der Waals surface area contributed by atoms with Crippen molar-refractivity contribution in [3.63, 3.8) is 0 Å². The maximum Gasteiger partial charge on any atom is 0.261 e. The Kier molecular flexibility index (Phi) is 5.43. The summed E-state index contributed by atoms with van der Waals surface area (Å²) < 4.78 is 10.4. The highest BCUT2D eigenvalue weighted by atomic mass is 35.5. The van der Waals surface area contributed by atoms with Gasteiger partial charge in [-0.2, -0.15) is 0 Å². The van der Waals surface area contributed by atoms with Gasteiger partial charge in [-0.05, 0) is 41.1 Å². The Balaban J connectivity index is 1.56. The number of hydrogen-bond donors (Lipinski definition) is 1. The number of aromatic nitrogens is 3. The summed E-state index contributed by atoms with van der Waals surface area (Å²) in [4.78, 5) is 18.6. The van der Waals surface area contributed by atoms with Crippen LogP contribution < -0.4 is 19.6 Å². The van der Waals surface area contributed by atoms with Crippen molar-refractivity contribution in [1.29, 1.82) is 0 Å². The molecule has 0 radical (unpaired) electrons. The van der Waals surface area contributed by atoms with Crippen LogP contribution in [0.1, 0.15) is 5.56 Å². The van der Waals surface area contributed by atoms with Gasteiger partial charge in [0.25, 0.3) is 5.91 Å². The molecule has 0 aliphatic carbocycles. The van der Waals surface area contributed by atoms with Gasteiger partial charge in [0, 0.05) is 11.6 Å². The van der Waals surface area contributed by atoms with Crippen LogP contribution in [0.4, 0.5) is 0 Å². The molecule has 9 heteroatoms. The van der Waals surface area contributed by atoms with E-state index in [1.807, 2.05) is 6.07 Å². The molecule has 0 saturated heterocycles. The van der Waals surface area contributed by atoms with Crippen LogP contribution in [-0.4, -0.2) is 41.9 Å². The van der Waals surface area contributed by atoms with Gasteiger partial charge in [0.05, 0.1) is 14.2 Å². The number of hydrogen-bond acceptors (Lipinski definition) is 6. The zero-order valence-electron chi connectivity index (χ0n) is 14.2. The highest BCUT2D eigenvalue weighted by Crippen LogP contribution is 2.27. The van der Waals surface area contributed by atoms with Gasteiger partial charge in [0.1, 0.15) is 11.0 Å². The molecule has 26 heavy (non-hydrogen) atoms. The largest absolute Gasteiger partial charge is 0.493 e. The third kappa shape index (κ3) is 3.97. The van der Waals surface area contributed by atoms with Crippen LogP contribution in [0.3, 0.4) is 0 Å². The third-order valence-electron chi connectivity index (χ3n) is 3.63. The van der Waals surface area contributed by atoms with Gasteiger partial charge >= 0.3 is 0 Å². The van der Waals surface area contributed by atoms with Crippen LogP contribution >= 0.6 is 11.6 Å². The number of ether oxygens (including phenoxy) is 2. The highest BCUT2D eigenvalue weighted by Gasteiger charge is 2.10. The van der Waals surface area contributed by atoms with Crippen molar-refractivity contribution in [2.75, 3.05) is 20.8 Å². The van der Waals surface area contributed by atoms with Crippen molar-refractivity contribution in [2.45, 2.75) is 6.54 Å². The molecular formula is C17H17ClN4O4. The van der Waals surface area contributed by atoms with Crippen LogP contribution in [0.2, 0.25) is 5.02 Å². The monoisotopic (exact) mass is 376 g/mol. The molecule has 0 fully saturated rings. The maximum absolute atomic E-state index is 12.0. The number of benzene rings is 2. The summed E-state index contributed by atoms with van der Waals surface area (Å²) in [5.74, 6) is 0.926. The van der Waals surface area contributed by atoms with E-state index in [0.29, 0.717) is 34.1 Å². The molecule has 1 amide bonds. The van der Waals surface area contributed by atoms with Gasteiger partial charge < -0.3 is 19.6 Å². The molecule has 0 aliphatic rings. The second-order valence-electron chi connectivity index (χ2n) is 5.33. The van der Waals surface area contributed by atoms with Crippen LogP contribution in [0.15, 0.2) is 36.4 Å². The summed E-state index contributed by atoms with van der Waals surface area (Å²) in [5.41, 5.74) is 2.08. The van der Waals surface area contributed by atoms with Gasteiger partial charge in [0.15, 0.2) is 18.1 Å². The molecule has 1 aromatic heterocycles. The summed E-state index contributed by atoms with van der Waals surface area (Å²) in [6, 6.07) is 10.5. The summed E-state index contributed by atoms with van der Waals surface area (Å²) >= 11 is 5.95. The van der Waals surface area contributed by atoms with E-state index < -0.39 is 0 Å². The lowest BCUT2D eigenvalue weighted by Crippen LogP contribution is -2.31. The van der Waals surface area contributed by atoms with Crippen LogP contribution in [0.5, 0.6) is 11.5 Å². The molecule has 1 heterocycles. The van der Waals surface area contributed by atoms with E-state index in [-0.39, 0.29) is 12.5 Å². The average Bonchev–Trinajstić information content (AvgIpc) is 3.06. The van der Waals surface area contributed by atoms with Crippen molar-refractivity contribution in [3.05, 3.63) is 47.0 Å². The highest BCUT2D eigenvalue weighted by molar-refractivity contribution is 6.31. The molecule has 0 bridgehead atoms. The van der Waals surface area contributed by atoms with E-state index >= 15 is 0 Å². The van der Waals surface area contributed by atoms with E-state index in [1.165, 1.54) is 4.85 Å². The number of carbonyl (C=O) groups is 1. The Labute approximate surface area is 154 Å². The molecule has 136 valence electrons. The number of nitrogens with zero attached hydrogens (tertiary/aromatic N) is 3. The molecule has 1 N–H and O–H groups in total. The predicted molar refractivity (Wildman–Crippen MR) is 95.4 cm³/mol. The van der Waals surface area contributed by atoms with Crippen molar-refractivity contribution >= 4 is 28.5 Å². The molecular weight excluding hydrogens is 360 g/mol. The lowest BCUT2D eigenvalue weighted by Gasteiger charge is -2.10. The van der Waals surface area contributed by atoms with Crippen LogP contribution in [-0.2, 0) is 11.3 Å². The van der Waals surface area contributed by atoms with Gasteiger partial charge in [0.2, 0.25) is 0 Å². The Morgan fingerprint density at radius 3 is 2.73 bits per heavy atom. The quantitative estimate of drug-likeness (QED) is 0.677. The van der Waals surface area contributed by atoms with Gasteiger partial charge in [-0.25, -0.2) is 0 Å². The minimum Gasteiger partial charge on any atom is -0.493 e. The van der Waals surface area contributed by atoms with Gasteiger partial charge in [-0.15, -0.1) is 5.10 Å². The van der Waals surface area contributed by atoms with Crippen molar-refractivity contribution in [3.8, 4) is 11.5 Å². The standard InChI is InChI=1S/C17H17ClN4O4/c1-24-15-6-3-11(7-16(15)25-2)9-19-17(23)10-26-22-14-8-12(18)4-5-13(14)20-21-22/h3-8H,9-10H2,1-2H3,(H,19,23). The SMILES string of the molecule is COc1ccc(CNC(=O)COn2nnc3ccc(Cl)cc32)cc1OC. The van der Waals surface area contributed by atoms with Crippen molar-refractivity contribution in [2.24, 2.45) is 0 Å². The fraction of sp³-hybridized carbons (Fsp3) is 0.235. The van der Waals surface area contributed by atoms with Crippen molar-refractivity contribution < 1.29 is 19.1 Å². The number of fused-ring (bicyclic) bond motifs is 1. The number of rotatable bonds is 7. The maximum atomic E-state index is 12.0. The first kappa shape index (κ1) is 17.8. The molecule has 8 nitrogen and oxygen atoms in total. The lowest BCUT2D eigenvalue weighted by molar-refractivity contribution is -0.126. The second kappa shape index (κ2) is 7.92. The predicted octanol–water partition coefficient (Wildman–Crippen LogP) is 1.85. The molecule has 0 atom stereocenters. The zero-order valence-corrected chi connectivity index (χ0v) is 15.0. The average molecular weight is 377 g/mol. The van der Waals surface area contributed by atoms with E-state index in [9.17, 15) is 4.79 Å². The topological polar surface area (TPSA) is 87.5 Å². The summed E-state index contributed by atoms with van der Waals surface area (Å²) in [6.45, 7) is 0.116. The smallest absolute Gasteiger partial charge is 0.261 e. The first-order valence-corrected chi connectivity index (χ1v) is 8.10. The van der Waals surface area contributed by atoms with E-state index in [2.05, 4.69) is 15.6 Å². The Morgan fingerprint density at radius 1 is 1.15 bits per heavy atom. The van der Waals surface area contributed by atoms with Crippen LogP contribution in [0, 0.1) is 0 Å². The second-order valence-corrected chi connectivity index (χ2v) is 5.77. The number of halogens is 1. The van der Waals surface area contributed by atoms with E-state index in [4.69, 9.17) is 25.9 Å². The van der Waals surface area contributed by atoms with E-state index in [0.717, 1.165) is 5.56 Å². The molecule has 0 aliphatic heterocycles. The van der Waals surface area contributed by atoms with Crippen molar-refractivity contribution in [1.82, 2.24) is 20.5 Å². The summed E-state index contributed by atoms with van der Waals surface area (Å²) in [5, 5.41) is 11.1. The Morgan fingerprint density at radius 2 is 1.96 bits per heavy atom. The molecule has 0 unspecified atom stereocenters. The van der Waals surface area contributed by atoms with Gasteiger partial charge in [-0.1, -0.05) is 22.5 Å². The summed E-state index contributed by atoms with van der Waals surface area (Å²) in [6.07, 6.45) is 0. The molecule has 3 rings (SSSR count). The fourth-order valence-corrected chi connectivity index (χ4v) is 2.50. The fourth-order valence-electron chi connectivity index (χ4n) is 2.33. The molecule has 3 aromatic rings. The normalized spacial score (nSPS) is 10.6. The lowest BCUT2D eigenvalue weighted by atomic mass is 10.2. The number of nitrogens with one attached hydrogen (secondary N) is 1. The molecule has 0 spiro atoms. The van der Waals surface area contributed by atoms with E-state index in [1.54, 1.807) is 44.6 Å². The molecule has 0 saturated carbocycles. The molecule has 2 aromatic carbocycles. The third-order valence-corrected chi connectivity index (χ3v) is 3.87. The number of carbonyl (C=O) groups excluding carboxylic acids is 1. The zero-order chi connectivity index (χ0) is 18.5. The van der Waals surface area contributed by atoms with Crippen LogP contribution in [0.25, 0.3) is 11.0 Å². The van der Waals surface area contributed by atoms with Gasteiger partial charge in [-0.3, -0.25) is 4.79 Å². The Bertz CT molecular complexity index is 928. The number of methoxy groups -OCH3 is 2. The first-order valence-electron chi connectivity index (χ1n) is 7.72. The number of amides is 1.